The number of ether oxygens (including phenoxy) is 2. The number of aliphatic hydroxyl groups is 1. The van der Waals surface area contributed by atoms with Crippen molar-refractivity contribution in [1.29, 1.82) is 0 Å². The fraction of sp³-hybridized carbons (Fsp3) is 0.538. The molecule has 19 heavy (non-hydrogen) atoms. The summed E-state index contributed by atoms with van der Waals surface area (Å²) in [5.41, 5.74) is 1.06. The minimum atomic E-state index is -0.423. The molecule has 0 fully saturated rings. The zero-order chi connectivity index (χ0) is 14.3. The number of methoxy groups -OCH3 is 2. The van der Waals surface area contributed by atoms with Crippen molar-refractivity contribution in [3.63, 3.8) is 0 Å². The summed E-state index contributed by atoms with van der Waals surface area (Å²) in [4.78, 5) is 0. The van der Waals surface area contributed by atoms with Crippen molar-refractivity contribution in [1.82, 2.24) is 5.32 Å². The summed E-state index contributed by atoms with van der Waals surface area (Å²) in [6.45, 7) is 1.77. The lowest BCUT2D eigenvalue weighted by Gasteiger charge is -2.13. The van der Waals surface area contributed by atoms with Gasteiger partial charge in [0.25, 0.3) is 0 Å². The van der Waals surface area contributed by atoms with Crippen LogP contribution < -0.4 is 10.1 Å². The fourth-order valence-corrected chi connectivity index (χ4v) is 3.22. The molecule has 0 saturated carbocycles. The maximum absolute atomic E-state index is 9.53. The molecule has 0 aromatic heterocycles. The third-order valence-corrected chi connectivity index (χ3v) is 3.67. The maximum Gasteiger partial charge on any atom is 0.137 e. The van der Waals surface area contributed by atoms with E-state index < -0.39 is 6.10 Å². The van der Waals surface area contributed by atoms with Crippen molar-refractivity contribution in [2.24, 2.45) is 0 Å². The predicted molar refractivity (Wildman–Crippen MR) is 82.6 cm³/mol. The lowest BCUT2D eigenvalue weighted by Crippen LogP contribution is -2.23. The van der Waals surface area contributed by atoms with E-state index in [9.17, 15) is 5.11 Å². The second-order valence-electron chi connectivity index (χ2n) is 4.15. The molecule has 0 aliphatic rings. The van der Waals surface area contributed by atoms with Crippen LogP contribution in [-0.4, -0.2) is 38.6 Å². The molecule has 1 rings (SSSR count). The molecule has 0 heterocycles. The van der Waals surface area contributed by atoms with Crippen LogP contribution in [0.2, 0.25) is 0 Å². The average molecular weight is 397 g/mol. The summed E-state index contributed by atoms with van der Waals surface area (Å²) < 4.78 is 12.2. The third kappa shape index (κ3) is 5.79. The van der Waals surface area contributed by atoms with E-state index in [1.54, 1.807) is 14.2 Å². The Hall–Kier alpha value is -0.140. The monoisotopic (exact) mass is 395 g/mol. The number of aliphatic hydroxyl groups excluding tert-OH is 1. The molecule has 1 unspecified atom stereocenters. The average Bonchev–Trinajstić information content (AvgIpc) is 2.34. The second-order valence-corrected chi connectivity index (χ2v) is 5.92. The molecule has 0 saturated heterocycles. The Morgan fingerprint density at radius 3 is 2.68 bits per heavy atom. The Bertz CT molecular complexity index is 402. The fourth-order valence-electron chi connectivity index (χ4n) is 1.74. The van der Waals surface area contributed by atoms with E-state index in [1.807, 2.05) is 12.1 Å². The second kappa shape index (κ2) is 8.92. The smallest absolute Gasteiger partial charge is 0.137 e. The molecular weight excluding hydrogens is 378 g/mol. The molecule has 0 amide bonds. The van der Waals surface area contributed by atoms with Crippen LogP contribution in [0.3, 0.4) is 0 Å². The largest absolute Gasteiger partial charge is 0.495 e. The summed E-state index contributed by atoms with van der Waals surface area (Å²) in [5, 5.41) is 12.8. The number of hydrogen-bond acceptors (Lipinski definition) is 4. The normalized spacial score (nSPS) is 12.5. The van der Waals surface area contributed by atoms with E-state index in [1.165, 1.54) is 0 Å². The molecule has 1 atom stereocenters. The summed E-state index contributed by atoms with van der Waals surface area (Å²) in [6.07, 6.45) is 0.236. The number of halogens is 2. The Morgan fingerprint density at radius 1 is 1.32 bits per heavy atom. The molecule has 1 aromatic rings. The van der Waals surface area contributed by atoms with Gasteiger partial charge in [-0.15, -0.1) is 0 Å². The lowest BCUT2D eigenvalue weighted by molar-refractivity contribution is 0.0594. The van der Waals surface area contributed by atoms with E-state index in [-0.39, 0.29) is 0 Å². The van der Waals surface area contributed by atoms with Crippen molar-refractivity contribution in [2.75, 3.05) is 27.4 Å². The molecular formula is C13H19Br2NO3. The topological polar surface area (TPSA) is 50.7 Å². The van der Waals surface area contributed by atoms with Gasteiger partial charge in [0.1, 0.15) is 5.75 Å². The van der Waals surface area contributed by atoms with Crippen LogP contribution >= 0.6 is 31.9 Å². The van der Waals surface area contributed by atoms with Crippen LogP contribution in [0.5, 0.6) is 5.75 Å². The summed E-state index contributed by atoms with van der Waals surface area (Å²) in [7, 11) is 3.24. The molecule has 0 aliphatic carbocycles. The van der Waals surface area contributed by atoms with Gasteiger partial charge >= 0.3 is 0 Å². The van der Waals surface area contributed by atoms with Crippen molar-refractivity contribution in [3.8, 4) is 5.75 Å². The summed E-state index contributed by atoms with van der Waals surface area (Å²) in [5.74, 6) is 0.827. The Kier molecular flexibility index (Phi) is 7.94. The first-order valence-electron chi connectivity index (χ1n) is 5.98. The standard InChI is InChI=1S/C13H19Br2NO3/c1-18-8-11(17)3-4-16-7-9-5-10(14)6-12(15)13(9)19-2/h5-6,11,16-17H,3-4,7-8H2,1-2H3. The first-order chi connectivity index (χ1) is 9.08. The number of hydrogen-bond donors (Lipinski definition) is 2. The highest BCUT2D eigenvalue weighted by Crippen LogP contribution is 2.32. The maximum atomic E-state index is 9.53. The quantitative estimate of drug-likeness (QED) is 0.663. The highest BCUT2D eigenvalue weighted by atomic mass is 79.9. The minimum absolute atomic E-state index is 0.368. The SMILES string of the molecule is COCC(O)CCNCc1cc(Br)cc(Br)c1OC. The molecule has 2 N–H and O–H groups in total. The molecule has 0 radical (unpaired) electrons. The van der Waals surface area contributed by atoms with Crippen molar-refractivity contribution in [3.05, 3.63) is 26.6 Å². The number of benzene rings is 1. The minimum Gasteiger partial charge on any atom is -0.495 e. The van der Waals surface area contributed by atoms with E-state index in [0.717, 1.165) is 26.8 Å². The van der Waals surface area contributed by atoms with Crippen LogP contribution in [-0.2, 0) is 11.3 Å². The van der Waals surface area contributed by atoms with Gasteiger partial charge in [0.05, 0.1) is 24.3 Å². The molecule has 108 valence electrons. The molecule has 6 heteroatoms. The van der Waals surface area contributed by atoms with Crippen molar-refractivity contribution < 1.29 is 14.6 Å². The lowest BCUT2D eigenvalue weighted by atomic mass is 10.2. The number of nitrogens with one attached hydrogen (secondary N) is 1. The van der Waals surface area contributed by atoms with Crippen LogP contribution in [0.1, 0.15) is 12.0 Å². The van der Waals surface area contributed by atoms with Crippen LogP contribution in [0.4, 0.5) is 0 Å². The van der Waals surface area contributed by atoms with Crippen LogP contribution in [0.25, 0.3) is 0 Å². The Balaban J connectivity index is 2.49. The zero-order valence-corrected chi connectivity index (χ0v) is 14.3. The van der Waals surface area contributed by atoms with Crippen LogP contribution in [0.15, 0.2) is 21.1 Å². The molecule has 0 spiro atoms. The number of rotatable bonds is 8. The van der Waals surface area contributed by atoms with Gasteiger partial charge in [-0.05, 0) is 41.0 Å². The van der Waals surface area contributed by atoms with Crippen molar-refractivity contribution >= 4 is 31.9 Å². The molecule has 0 bridgehead atoms. The first kappa shape index (κ1) is 16.9. The van der Waals surface area contributed by atoms with Gasteiger partial charge in [0.15, 0.2) is 0 Å². The van der Waals surface area contributed by atoms with Gasteiger partial charge in [0.2, 0.25) is 0 Å². The highest BCUT2D eigenvalue weighted by Gasteiger charge is 2.09. The van der Waals surface area contributed by atoms with Gasteiger partial charge in [-0.2, -0.15) is 0 Å². The molecule has 4 nitrogen and oxygen atoms in total. The van der Waals surface area contributed by atoms with Gasteiger partial charge in [-0.3, -0.25) is 0 Å². The highest BCUT2D eigenvalue weighted by molar-refractivity contribution is 9.11. The van der Waals surface area contributed by atoms with Crippen molar-refractivity contribution in [2.45, 2.75) is 19.1 Å². The third-order valence-electron chi connectivity index (χ3n) is 2.62. The Labute approximate surface area is 130 Å². The molecule has 0 aliphatic heterocycles. The summed E-state index contributed by atoms with van der Waals surface area (Å²) >= 11 is 6.93. The van der Waals surface area contributed by atoms with Gasteiger partial charge in [-0.25, -0.2) is 0 Å². The summed E-state index contributed by atoms with van der Waals surface area (Å²) in [6, 6.07) is 3.97. The van der Waals surface area contributed by atoms with E-state index in [0.29, 0.717) is 19.6 Å². The molecule has 1 aromatic carbocycles. The zero-order valence-electron chi connectivity index (χ0n) is 11.1. The first-order valence-corrected chi connectivity index (χ1v) is 7.56. The van der Waals surface area contributed by atoms with Gasteiger partial charge in [0, 0.05) is 23.7 Å². The predicted octanol–water partition coefficient (Wildman–Crippen LogP) is 2.71. The van der Waals surface area contributed by atoms with E-state index in [4.69, 9.17) is 9.47 Å². The Morgan fingerprint density at radius 2 is 2.05 bits per heavy atom. The van der Waals surface area contributed by atoms with Gasteiger partial charge in [-0.1, -0.05) is 15.9 Å². The van der Waals surface area contributed by atoms with Gasteiger partial charge < -0.3 is 19.9 Å². The van der Waals surface area contributed by atoms with E-state index in [2.05, 4.69) is 37.2 Å². The van der Waals surface area contributed by atoms with Crippen LogP contribution in [0, 0.1) is 0 Å². The van der Waals surface area contributed by atoms with E-state index >= 15 is 0 Å².